The summed E-state index contributed by atoms with van der Waals surface area (Å²) in [5.74, 6) is -1.01. The number of nitrogens with two attached hydrogens (primary N) is 1. The summed E-state index contributed by atoms with van der Waals surface area (Å²) in [5.41, 5.74) is 7.82. The maximum atomic E-state index is 13.1. The smallest absolute Gasteiger partial charge is 0.262 e. The molecule has 1 atom stereocenters. The lowest BCUT2D eigenvalue weighted by atomic mass is 10.1. The molecule has 0 aromatic heterocycles. The lowest BCUT2D eigenvalue weighted by Crippen LogP contribution is -2.31. The highest BCUT2D eigenvalue weighted by atomic mass is 79.9. The molecule has 3 rings (SSSR count). The third-order valence-electron chi connectivity index (χ3n) is 4.15. The number of halogens is 1. The Bertz CT molecular complexity index is 962. The number of hydrogen-bond donors (Lipinski definition) is 1. The highest BCUT2D eigenvalue weighted by Crippen LogP contribution is 2.41. The number of hydrogen-bond acceptors (Lipinski definition) is 4. The Morgan fingerprint density at radius 1 is 1.22 bits per heavy atom. The third kappa shape index (κ3) is 4.07. The van der Waals surface area contributed by atoms with Gasteiger partial charge in [-0.05, 0) is 43.2 Å². The van der Waals surface area contributed by atoms with Gasteiger partial charge in [0.15, 0.2) is 0 Å². The molecule has 1 heterocycles. The quantitative estimate of drug-likeness (QED) is 0.578. The van der Waals surface area contributed by atoms with E-state index in [0.29, 0.717) is 17.1 Å². The summed E-state index contributed by atoms with van der Waals surface area (Å²) >= 11 is 4.60. The van der Waals surface area contributed by atoms with Crippen LogP contribution in [0.1, 0.15) is 11.1 Å². The lowest BCUT2D eigenvalue weighted by Gasteiger charge is -2.18. The number of anilines is 1. The average Bonchev–Trinajstić information content (AvgIpc) is 2.94. The first-order valence-corrected chi connectivity index (χ1v) is 9.84. The van der Waals surface area contributed by atoms with Crippen LogP contribution in [0.2, 0.25) is 0 Å². The van der Waals surface area contributed by atoms with Crippen molar-refractivity contribution in [2.45, 2.75) is 18.6 Å². The molecule has 0 saturated carbocycles. The molecule has 5 nitrogen and oxygen atoms in total. The van der Waals surface area contributed by atoms with Gasteiger partial charge >= 0.3 is 0 Å². The first kappa shape index (κ1) is 19.2. The Balaban J connectivity index is 2.01. The van der Waals surface area contributed by atoms with Crippen LogP contribution in [0.25, 0.3) is 0 Å². The zero-order valence-corrected chi connectivity index (χ0v) is 16.9. The Labute approximate surface area is 170 Å². The normalized spacial score (nSPS) is 18.3. The molecule has 7 heteroatoms. The first-order valence-electron chi connectivity index (χ1n) is 8.16. The van der Waals surface area contributed by atoms with E-state index in [0.717, 1.165) is 15.6 Å². The molecule has 1 aliphatic heterocycles. The minimum absolute atomic E-state index is 0.171. The predicted octanol–water partition coefficient (Wildman–Crippen LogP) is 3.67. The Morgan fingerprint density at radius 3 is 2.41 bits per heavy atom. The van der Waals surface area contributed by atoms with Crippen molar-refractivity contribution in [3.8, 4) is 6.07 Å². The van der Waals surface area contributed by atoms with Crippen LogP contribution in [0, 0.1) is 18.3 Å². The van der Waals surface area contributed by atoms with Crippen molar-refractivity contribution in [3.63, 3.8) is 0 Å². The van der Waals surface area contributed by atoms with E-state index < -0.39 is 11.2 Å². The number of nitrogens with zero attached hydrogens (tertiary/aromatic N) is 2. The van der Waals surface area contributed by atoms with Crippen molar-refractivity contribution in [3.05, 3.63) is 74.7 Å². The summed E-state index contributed by atoms with van der Waals surface area (Å²) in [6.07, 6.45) is 0.486. The van der Waals surface area contributed by atoms with Crippen LogP contribution < -0.4 is 10.6 Å². The topological polar surface area (TPSA) is 87.2 Å². The molecule has 2 aromatic rings. The van der Waals surface area contributed by atoms with Crippen LogP contribution in [0.4, 0.5) is 5.69 Å². The molecule has 27 heavy (non-hydrogen) atoms. The molecular formula is C20H16BrN3O2S. The molecule has 136 valence electrons. The first-order chi connectivity index (χ1) is 12.9. The van der Waals surface area contributed by atoms with Gasteiger partial charge < -0.3 is 5.73 Å². The van der Waals surface area contributed by atoms with Crippen LogP contribution in [0.3, 0.4) is 0 Å². The molecule has 0 aliphatic carbocycles. The molecule has 2 amide bonds. The van der Waals surface area contributed by atoms with Gasteiger partial charge in [0.25, 0.3) is 5.91 Å². The molecule has 0 radical (unpaired) electrons. The number of primary amides is 1. The van der Waals surface area contributed by atoms with E-state index in [-0.39, 0.29) is 11.5 Å². The molecule has 1 aliphatic rings. The van der Waals surface area contributed by atoms with Gasteiger partial charge in [0, 0.05) is 10.2 Å². The number of benzene rings is 2. The summed E-state index contributed by atoms with van der Waals surface area (Å²) in [6.45, 7) is 1.95. The molecule has 0 spiro atoms. The van der Waals surface area contributed by atoms with Gasteiger partial charge in [0.05, 0.1) is 5.25 Å². The second-order valence-electron chi connectivity index (χ2n) is 6.10. The van der Waals surface area contributed by atoms with Gasteiger partial charge in [-0.25, -0.2) is 0 Å². The second kappa shape index (κ2) is 7.99. The number of thioether (sulfide) groups is 1. The number of rotatable bonds is 4. The number of amides is 2. The highest BCUT2D eigenvalue weighted by Gasteiger charge is 2.40. The van der Waals surface area contributed by atoms with E-state index in [4.69, 9.17) is 5.73 Å². The predicted molar refractivity (Wildman–Crippen MR) is 110 cm³/mol. The highest BCUT2D eigenvalue weighted by molar-refractivity contribution is 9.10. The monoisotopic (exact) mass is 441 g/mol. The van der Waals surface area contributed by atoms with E-state index in [1.54, 1.807) is 12.1 Å². The van der Waals surface area contributed by atoms with Gasteiger partial charge in [-0.1, -0.05) is 57.5 Å². The average molecular weight is 442 g/mol. The van der Waals surface area contributed by atoms with E-state index in [1.165, 1.54) is 16.7 Å². The molecule has 1 fully saturated rings. The van der Waals surface area contributed by atoms with E-state index >= 15 is 0 Å². The molecule has 2 aromatic carbocycles. The zero-order chi connectivity index (χ0) is 19.6. The number of carbonyl (C=O) groups is 2. The van der Waals surface area contributed by atoms with Crippen LogP contribution in [-0.2, 0) is 16.0 Å². The van der Waals surface area contributed by atoms with Crippen molar-refractivity contribution in [1.29, 1.82) is 5.26 Å². The van der Waals surface area contributed by atoms with Gasteiger partial charge in [-0.2, -0.15) is 5.26 Å². The fourth-order valence-corrected chi connectivity index (χ4v) is 4.34. The van der Waals surface area contributed by atoms with Crippen LogP contribution in [-0.4, -0.2) is 17.1 Å². The Hall–Kier alpha value is -2.56. The van der Waals surface area contributed by atoms with E-state index in [2.05, 4.69) is 15.9 Å². The summed E-state index contributed by atoms with van der Waals surface area (Å²) < 4.78 is 0.957. The summed E-state index contributed by atoms with van der Waals surface area (Å²) in [5, 5.41) is 9.25. The van der Waals surface area contributed by atoms with Crippen LogP contribution >= 0.6 is 27.7 Å². The summed E-state index contributed by atoms with van der Waals surface area (Å²) in [7, 11) is 0. The molecule has 1 unspecified atom stereocenters. The van der Waals surface area contributed by atoms with Crippen molar-refractivity contribution in [2.24, 2.45) is 5.73 Å². The number of nitriles is 1. The number of aryl methyl sites for hydroxylation is 1. The molecular weight excluding hydrogens is 426 g/mol. The molecule has 1 saturated heterocycles. The number of carbonyl (C=O) groups excluding carboxylic acids is 2. The minimum atomic E-state index is -0.839. The van der Waals surface area contributed by atoms with Crippen molar-refractivity contribution >= 4 is 45.2 Å². The fourth-order valence-electron chi connectivity index (χ4n) is 2.76. The minimum Gasteiger partial charge on any atom is -0.365 e. The van der Waals surface area contributed by atoms with Gasteiger partial charge in [-0.3, -0.25) is 14.5 Å². The molecule has 2 N–H and O–H groups in total. The SMILES string of the molecule is Cc1ccc(N2C(=O)C(Cc3ccc(Br)cc3)SC2=C(C#N)C(N)=O)cc1. The van der Waals surface area contributed by atoms with Crippen molar-refractivity contribution < 1.29 is 9.59 Å². The Kier molecular flexibility index (Phi) is 5.68. The van der Waals surface area contributed by atoms with Gasteiger partial charge in [0.1, 0.15) is 16.7 Å². The van der Waals surface area contributed by atoms with E-state index in [9.17, 15) is 14.9 Å². The van der Waals surface area contributed by atoms with Gasteiger partial charge in [-0.15, -0.1) is 0 Å². The maximum absolute atomic E-state index is 13.1. The van der Waals surface area contributed by atoms with E-state index in [1.807, 2.05) is 49.4 Å². The lowest BCUT2D eigenvalue weighted by molar-refractivity contribution is -0.117. The third-order valence-corrected chi connectivity index (χ3v) is 5.94. The van der Waals surface area contributed by atoms with Crippen molar-refractivity contribution in [2.75, 3.05) is 4.90 Å². The van der Waals surface area contributed by atoms with Crippen molar-refractivity contribution in [1.82, 2.24) is 0 Å². The molecule has 0 bridgehead atoms. The Morgan fingerprint density at radius 2 is 1.85 bits per heavy atom. The van der Waals surface area contributed by atoms with Crippen LogP contribution in [0.5, 0.6) is 0 Å². The van der Waals surface area contributed by atoms with Crippen LogP contribution in [0.15, 0.2) is 63.6 Å². The zero-order valence-electron chi connectivity index (χ0n) is 14.5. The largest absolute Gasteiger partial charge is 0.365 e. The maximum Gasteiger partial charge on any atom is 0.262 e. The summed E-state index contributed by atoms with van der Waals surface area (Å²) in [4.78, 5) is 26.3. The second-order valence-corrected chi connectivity index (χ2v) is 8.21. The standard InChI is InChI=1S/C20H16BrN3O2S/c1-12-2-8-15(9-3-12)24-19(26)17(10-13-4-6-14(21)7-5-13)27-20(24)16(11-22)18(23)25/h2-9,17H,10H2,1H3,(H2,23,25). The fraction of sp³-hybridized carbons (Fsp3) is 0.150. The van der Waals surface area contributed by atoms with Gasteiger partial charge in [0.2, 0.25) is 5.91 Å². The summed E-state index contributed by atoms with van der Waals surface area (Å²) in [6, 6.07) is 16.9.